The Morgan fingerprint density at radius 3 is 2.62 bits per heavy atom. The molecular formula is C13H15NO2. The van der Waals surface area contributed by atoms with Crippen LogP contribution in [0.15, 0.2) is 36.2 Å². The van der Waals surface area contributed by atoms with E-state index in [-0.39, 0.29) is 5.78 Å². The standard InChI is InChI=1S/C13H15NO2/c1-13(2)12(15)9-11(16-13)7-6-10-5-4-8-14(10)3/h4-9H,1-3H3/b7-6+. The summed E-state index contributed by atoms with van der Waals surface area (Å²) in [7, 11) is 1.97. The Labute approximate surface area is 95.0 Å². The van der Waals surface area contributed by atoms with Gasteiger partial charge in [0.25, 0.3) is 0 Å². The van der Waals surface area contributed by atoms with Crippen LogP contribution in [0.5, 0.6) is 0 Å². The SMILES string of the molecule is Cn1cccc1/C=C/C1=CC(=O)C(C)(C)O1. The highest BCUT2D eigenvalue weighted by Crippen LogP contribution is 2.25. The topological polar surface area (TPSA) is 31.2 Å². The van der Waals surface area contributed by atoms with Crippen LogP contribution in [0.3, 0.4) is 0 Å². The van der Waals surface area contributed by atoms with Crippen molar-refractivity contribution in [3.05, 3.63) is 41.9 Å². The van der Waals surface area contributed by atoms with Crippen LogP contribution in [-0.2, 0) is 16.6 Å². The summed E-state index contributed by atoms with van der Waals surface area (Å²) in [6, 6.07) is 3.97. The summed E-state index contributed by atoms with van der Waals surface area (Å²) >= 11 is 0. The molecule has 84 valence electrons. The normalized spacial score (nSPS) is 18.9. The number of hydrogen-bond donors (Lipinski definition) is 0. The van der Waals surface area contributed by atoms with Crippen LogP contribution in [0.25, 0.3) is 6.08 Å². The monoisotopic (exact) mass is 217 g/mol. The van der Waals surface area contributed by atoms with Crippen LogP contribution in [0.4, 0.5) is 0 Å². The van der Waals surface area contributed by atoms with E-state index in [4.69, 9.17) is 4.74 Å². The minimum Gasteiger partial charge on any atom is -0.480 e. The number of hydrogen-bond acceptors (Lipinski definition) is 2. The lowest BCUT2D eigenvalue weighted by Gasteiger charge is -2.16. The fourth-order valence-corrected chi connectivity index (χ4v) is 1.57. The first-order valence-electron chi connectivity index (χ1n) is 5.23. The maximum atomic E-state index is 11.5. The van der Waals surface area contributed by atoms with E-state index in [2.05, 4.69) is 0 Å². The molecule has 2 rings (SSSR count). The molecule has 1 aliphatic rings. The number of aromatic nitrogens is 1. The van der Waals surface area contributed by atoms with Gasteiger partial charge in [0, 0.05) is 25.0 Å². The Morgan fingerprint density at radius 2 is 2.12 bits per heavy atom. The zero-order valence-electron chi connectivity index (χ0n) is 9.73. The third kappa shape index (κ3) is 1.94. The molecule has 0 aliphatic carbocycles. The Hall–Kier alpha value is -1.77. The lowest BCUT2D eigenvalue weighted by atomic mass is 10.1. The van der Waals surface area contributed by atoms with Gasteiger partial charge in [-0.05, 0) is 38.1 Å². The van der Waals surface area contributed by atoms with Crippen molar-refractivity contribution in [2.75, 3.05) is 0 Å². The first-order valence-corrected chi connectivity index (χ1v) is 5.23. The van der Waals surface area contributed by atoms with E-state index < -0.39 is 5.60 Å². The minimum atomic E-state index is -0.714. The van der Waals surface area contributed by atoms with Crippen molar-refractivity contribution in [1.29, 1.82) is 0 Å². The fourth-order valence-electron chi connectivity index (χ4n) is 1.57. The number of ether oxygens (including phenoxy) is 1. The van der Waals surface area contributed by atoms with Crippen LogP contribution in [0.1, 0.15) is 19.5 Å². The van der Waals surface area contributed by atoms with Crippen molar-refractivity contribution in [3.8, 4) is 0 Å². The molecule has 0 saturated carbocycles. The molecule has 3 heteroatoms. The van der Waals surface area contributed by atoms with Crippen LogP contribution >= 0.6 is 0 Å². The Bertz CT molecular complexity index is 478. The number of carbonyl (C=O) groups is 1. The van der Waals surface area contributed by atoms with Crippen LogP contribution in [-0.4, -0.2) is 16.0 Å². The number of carbonyl (C=O) groups excluding carboxylic acids is 1. The van der Waals surface area contributed by atoms with Gasteiger partial charge in [-0.2, -0.15) is 0 Å². The number of rotatable bonds is 2. The van der Waals surface area contributed by atoms with Gasteiger partial charge >= 0.3 is 0 Å². The fraction of sp³-hybridized carbons (Fsp3) is 0.308. The molecule has 0 saturated heterocycles. The second kappa shape index (κ2) is 3.67. The lowest BCUT2D eigenvalue weighted by Crippen LogP contribution is -2.27. The summed E-state index contributed by atoms with van der Waals surface area (Å²) in [6.07, 6.45) is 7.26. The van der Waals surface area contributed by atoms with E-state index in [9.17, 15) is 4.79 Å². The summed E-state index contributed by atoms with van der Waals surface area (Å²) in [5, 5.41) is 0. The highest BCUT2D eigenvalue weighted by atomic mass is 16.5. The molecule has 0 spiro atoms. The van der Waals surface area contributed by atoms with Gasteiger partial charge in [0.05, 0.1) is 0 Å². The highest BCUT2D eigenvalue weighted by molar-refractivity contribution is 5.99. The summed E-state index contributed by atoms with van der Waals surface area (Å²) in [5.41, 5.74) is 0.357. The van der Waals surface area contributed by atoms with E-state index in [0.717, 1.165) is 5.69 Å². The first kappa shape index (κ1) is 10.7. The number of ketones is 1. The molecule has 0 fully saturated rings. The van der Waals surface area contributed by atoms with Crippen molar-refractivity contribution in [3.63, 3.8) is 0 Å². The largest absolute Gasteiger partial charge is 0.480 e. The molecule has 0 aromatic carbocycles. The third-order valence-corrected chi connectivity index (χ3v) is 2.64. The highest BCUT2D eigenvalue weighted by Gasteiger charge is 2.33. The molecule has 16 heavy (non-hydrogen) atoms. The Kier molecular flexibility index (Phi) is 2.46. The van der Waals surface area contributed by atoms with E-state index in [1.165, 1.54) is 0 Å². The van der Waals surface area contributed by atoms with Gasteiger partial charge in [-0.3, -0.25) is 4.79 Å². The van der Waals surface area contributed by atoms with Gasteiger partial charge < -0.3 is 9.30 Å². The lowest BCUT2D eigenvalue weighted by molar-refractivity contribution is -0.126. The minimum absolute atomic E-state index is 0.0130. The second-order valence-corrected chi connectivity index (χ2v) is 4.40. The number of allylic oxidation sites excluding steroid dienone is 1. The zero-order valence-corrected chi connectivity index (χ0v) is 9.73. The number of aryl methyl sites for hydroxylation is 1. The quantitative estimate of drug-likeness (QED) is 0.761. The van der Waals surface area contributed by atoms with Crippen LogP contribution in [0, 0.1) is 0 Å². The predicted molar refractivity (Wildman–Crippen MR) is 62.7 cm³/mol. The van der Waals surface area contributed by atoms with Gasteiger partial charge in [-0.15, -0.1) is 0 Å². The average Bonchev–Trinajstić information content (AvgIpc) is 2.69. The molecule has 0 N–H and O–H groups in total. The predicted octanol–water partition coefficient (Wildman–Crippen LogP) is 2.30. The summed E-state index contributed by atoms with van der Waals surface area (Å²) < 4.78 is 7.51. The van der Waals surface area contributed by atoms with E-state index in [1.54, 1.807) is 19.9 Å². The van der Waals surface area contributed by atoms with E-state index in [1.807, 2.05) is 42.1 Å². The molecule has 0 bridgehead atoms. The van der Waals surface area contributed by atoms with Gasteiger partial charge in [-0.1, -0.05) is 0 Å². The summed E-state index contributed by atoms with van der Waals surface area (Å²) in [5.74, 6) is 0.634. The van der Waals surface area contributed by atoms with Crippen molar-refractivity contribution in [2.45, 2.75) is 19.4 Å². The second-order valence-electron chi connectivity index (χ2n) is 4.40. The maximum absolute atomic E-state index is 11.5. The Balaban J connectivity index is 2.14. The molecule has 2 heterocycles. The molecule has 0 atom stereocenters. The third-order valence-electron chi connectivity index (χ3n) is 2.64. The molecule has 1 aromatic rings. The Morgan fingerprint density at radius 1 is 1.38 bits per heavy atom. The van der Waals surface area contributed by atoms with Gasteiger partial charge in [0.2, 0.25) is 5.78 Å². The molecular weight excluding hydrogens is 202 g/mol. The van der Waals surface area contributed by atoms with Gasteiger partial charge in [0.1, 0.15) is 5.76 Å². The summed E-state index contributed by atoms with van der Waals surface area (Å²) in [6.45, 7) is 3.55. The van der Waals surface area contributed by atoms with E-state index >= 15 is 0 Å². The van der Waals surface area contributed by atoms with Crippen molar-refractivity contribution < 1.29 is 9.53 Å². The van der Waals surface area contributed by atoms with Crippen LogP contribution < -0.4 is 0 Å². The molecule has 1 aliphatic heterocycles. The first-order chi connectivity index (χ1) is 7.49. The van der Waals surface area contributed by atoms with Crippen molar-refractivity contribution in [2.24, 2.45) is 7.05 Å². The summed E-state index contributed by atoms with van der Waals surface area (Å²) in [4.78, 5) is 11.5. The molecule has 1 aromatic heterocycles. The molecule has 3 nitrogen and oxygen atoms in total. The van der Waals surface area contributed by atoms with Crippen molar-refractivity contribution in [1.82, 2.24) is 4.57 Å². The van der Waals surface area contributed by atoms with Crippen molar-refractivity contribution >= 4 is 11.9 Å². The van der Waals surface area contributed by atoms with Gasteiger partial charge in [0.15, 0.2) is 5.60 Å². The number of nitrogens with zero attached hydrogens (tertiary/aromatic N) is 1. The van der Waals surface area contributed by atoms with Crippen LogP contribution in [0.2, 0.25) is 0 Å². The maximum Gasteiger partial charge on any atom is 0.202 e. The smallest absolute Gasteiger partial charge is 0.202 e. The van der Waals surface area contributed by atoms with Gasteiger partial charge in [-0.25, -0.2) is 0 Å². The average molecular weight is 217 g/mol. The molecule has 0 unspecified atom stereocenters. The molecule has 0 radical (unpaired) electrons. The zero-order chi connectivity index (χ0) is 11.8. The van der Waals surface area contributed by atoms with E-state index in [0.29, 0.717) is 5.76 Å². The molecule has 0 amide bonds.